The molecule has 0 radical (unpaired) electrons. The van der Waals surface area contributed by atoms with Crippen molar-refractivity contribution in [2.75, 3.05) is 19.6 Å². The summed E-state index contributed by atoms with van der Waals surface area (Å²) in [6.07, 6.45) is 7.32. The third-order valence-corrected chi connectivity index (χ3v) is 5.59. The van der Waals surface area contributed by atoms with Crippen LogP contribution in [0.5, 0.6) is 0 Å². The number of carbonyl (C=O) groups is 2. The highest BCUT2D eigenvalue weighted by Crippen LogP contribution is 2.19. The number of rotatable bonds is 9. The number of unbranched alkanes of at least 4 members (excludes halogenated alkanes) is 2. The van der Waals surface area contributed by atoms with Crippen LogP contribution in [0.25, 0.3) is 11.0 Å². The van der Waals surface area contributed by atoms with Crippen LogP contribution in [0.1, 0.15) is 48.5 Å². The van der Waals surface area contributed by atoms with Crippen molar-refractivity contribution in [3.63, 3.8) is 0 Å². The molecule has 4 rings (SSSR count). The molecule has 1 saturated heterocycles. The fourth-order valence-corrected chi connectivity index (χ4v) is 3.98. The van der Waals surface area contributed by atoms with Crippen molar-refractivity contribution >= 4 is 22.8 Å². The van der Waals surface area contributed by atoms with Crippen LogP contribution in [0.4, 0.5) is 0 Å². The van der Waals surface area contributed by atoms with Gasteiger partial charge in [-0.05, 0) is 49.9 Å². The molecule has 0 bridgehead atoms. The van der Waals surface area contributed by atoms with Gasteiger partial charge in [-0.15, -0.1) is 0 Å². The summed E-state index contributed by atoms with van der Waals surface area (Å²) in [7, 11) is 0. The van der Waals surface area contributed by atoms with Crippen molar-refractivity contribution in [1.29, 1.82) is 0 Å². The Hall–Kier alpha value is -3.09. The van der Waals surface area contributed by atoms with Gasteiger partial charge in [0.15, 0.2) is 5.76 Å². The summed E-state index contributed by atoms with van der Waals surface area (Å²) >= 11 is 0. The lowest BCUT2D eigenvalue weighted by molar-refractivity contribution is -0.130. The standard InChI is InChI=1S/C23H28N4O3/c28-22(26-14-6-7-15-26)17-27-19-10-4-3-9-18(19)25-21(27)12-2-1-5-13-24-23(29)20-11-8-16-30-20/h3-4,8-11,16H,1-2,5-7,12-15,17H2,(H,24,29). The average Bonchev–Trinajstić information content (AvgIpc) is 3.52. The minimum atomic E-state index is -0.179. The number of hydrogen-bond donors (Lipinski definition) is 1. The SMILES string of the molecule is O=C(NCCCCCc1nc2ccccc2n1CC(=O)N1CCCC1)c1ccco1. The van der Waals surface area contributed by atoms with E-state index in [0.29, 0.717) is 18.8 Å². The molecule has 1 fully saturated rings. The fraction of sp³-hybridized carbons (Fsp3) is 0.435. The van der Waals surface area contributed by atoms with Crippen molar-refractivity contribution in [3.05, 3.63) is 54.2 Å². The number of likely N-dealkylation sites (tertiary alicyclic amines) is 1. The molecule has 7 heteroatoms. The minimum Gasteiger partial charge on any atom is -0.459 e. The highest BCUT2D eigenvalue weighted by molar-refractivity contribution is 5.91. The van der Waals surface area contributed by atoms with Gasteiger partial charge in [0.2, 0.25) is 5.91 Å². The molecule has 1 aliphatic heterocycles. The molecule has 1 N–H and O–H groups in total. The van der Waals surface area contributed by atoms with Crippen molar-refractivity contribution in [3.8, 4) is 0 Å². The van der Waals surface area contributed by atoms with Gasteiger partial charge in [-0.2, -0.15) is 0 Å². The van der Waals surface area contributed by atoms with Gasteiger partial charge in [0, 0.05) is 26.1 Å². The van der Waals surface area contributed by atoms with Crippen LogP contribution < -0.4 is 5.32 Å². The summed E-state index contributed by atoms with van der Waals surface area (Å²) in [6, 6.07) is 11.4. The van der Waals surface area contributed by atoms with Crippen LogP contribution in [-0.4, -0.2) is 45.9 Å². The maximum atomic E-state index is 12.7. The number of benzene rings is 1. The third kappa shape index (κ3) is 4.72. The van der Waals surface area contributed by atoms with E-state index in [1.807, 2.05) is 29.2 Å². The Morgan fingerprint density at radius 1 is 1.03 bits per heavy atom. The maximum absolute atomic E-state index is 12.7. The highest BCUT2D eigenvalue weighted by Gasteiger charge is 2.20. The number of furan rings is 1. The predicted octanol–water partition coefficient (Wildman–Crippen LogP) is 3.39. The summed E-state index contributed by atoms with van der Waals surface area (Å²) in [4.78, 5) is 31.3. The smallest absolute Gasteiger partial charge is 0.286 e. The summed E-state index contributed by atoms with van der Waals surface area (Å²) < 4.78 is 7.17. The summed E-state index contributed by atoms with van der Waals surface area (Å²) in [5, 5.41) is 2.87. The first kappa shape index (κ1) is 20.2. The second-order valence-corrected chi connectivity index (χ2v) is 7.73. The van der Waals surface area contributed by atoms with E-state index in [1.54, 1.807) is 12.1 Å². The molecule has 0 unspecified atom stereocenters. The number of para-hydroxylation sites is 2. The van der Waals surface area contributed by atoms with Gasteiger partial charge in [0.1, 0.15) is 12.4 Å². The van der Waals surface area contributed by atoms with E-state index in [2.05, 4.69) is 9.88 Å². The molecular formula is C23H28N4O3. The normalized spacial score (nSPS) is 13.8. The molecule has 158 valence electrons. The highest BCUT2D eigenvalue weighted by atomic mass is 16.3. The van der Waals surface area contributed by atoms with E-state index in [1.165, 1.54) is 6.26 Å². The van der Waals surface area contributed by atoms with Gasteiger partial charge >= 0.3 is 0 Å². The fourth-order valence-electron chi connectivity index (χ4n) is 3.98. The van der Waals surface area contributed by atoms with Crippen LogP contribution in [0.3, 0.4) is 0 Å². The van der Waals surface area contributed by atoms with Gasteiger partial charge in [-0.3, -0.25) is 9.59 Å². The van der Waals surface area contributed by atoms with E-state index in [0.717, 1.165) is 68.5 Å². The number of hydrogen-bond acceptors (Lipinski definition) is 4. The van der Waals surface area contributed by atoms with Crippen molar-refractivity contribution in [2.45, 2.75) is 45.1 Å². The van der Waals surface area contributed by atoms with Gasteiger partial charge < -0.3 is 19.2 Å². The largest absolute Gasteiger partial charge is 0.459 e. The maximum Gasteiger partial charge on any atom is 0.286 e. The Kier molecular flexibility index (Phi) is 6.47. The number of fused-ring (bicyclic) bond motifs is 1. The lowest BCUT2D eigenvalue weighted by atomic mass is 10.2. The minimum absolute atomic E-state index is 0.178. The lowest BCUT2D eigenvalue weighted by Gasteiger charge is -2.17. The van der Waals surface area contributed by atoms with Crippen LogP contribution >= 0.6 is 0 Å². The van der Waals surface area contributed by atoms with Crippen LogP contribution in [0.2, 0.25) is 0 Å². The molecule has 3 heterocycles. The molecule has 0 atom stereocenters. The van der Waals surface area contributed by atoms with Crippen molar-refractivity contribution in [2.24, 2.45) is 0 Å². The molecule has 1 aliphatic rings. The first-order chi connectivity index (χ1) is 14.7. The van der Waals surface area contributed by atoms with Crippen LogP contribution in [0, 0.1) is 0 Å². The predicted molar refractivity (Wildman–Crippen MR) is 114 cm³/mol. The van der Waals surface area contributed by atoms with Crippen molar-refractivity contribution < 1.29 is 14.0 Å². The number of nitrogens with one attached hydrogen (secondary N) is 1. The first-order valence-corrected chi connectivity index (χ1v) is 10.8. The number of carbonyl (C=O) groups excluding carboxylic acids is 2. The topological polar surface area (TPSA) is 80.4 Å². The molecule has 0 aliphatic carbocycles. The lowest BCUT2D eigenvalue weighted by Crippen LogP contribution is -2.31. The zero-order valence-corrected chi connectivity index (χ0v) is 17.2. The number of aromatic nitrogens is 2. The second kappa shape index (κ2) is 9.61. The Bertz CT molecular complexity index is 987. The summed E-state index contributed by atoms with van der Waals surface area (Å²) in [6.45, 7) is 2.70. The van der Waals surface area contributed by atoms with Crippen molar-refractivity contribution in [1.82, 2.24) is 19.8 Å². The Morgan fingerprint density at radius 3 is 2.67 bits per heavy atom. The molecule has 1 aromatic carbocycles. The summed E-state index contributed by atoms with van der Waals surface area (Å²) in [5.74, 6) is 1.30. The molecule has 30 heavy (non-hydrogen) atoms. The van der Waals surface area contributed by atoms with Crippen LogP contribution in [0.15, 0.2) is 47.1 Å². The number of amides is 2. The molecular weight excluding hydrogens is 380 g/mol. The zero-order chi connectivity index (χ0) is 20.8. The van der Waals surface area contributed by atoms with E-state index in [9.17, 15) is 9.59 Å². The van der Waals surface area contributed by atoms with Crippen LogP contribution in [-0.2, 0) is 17.8 Å². The summed E-state index contributed by atoms with van der Waals surface area (Å²) in [5.41, 5.74) is 1.96. The number of nitrogens with zero attached hydrogens (tertiary/aromatic N) is 3. The molecule has 2 aromatic heterocycles. The Morgan fingerprint density at radius 2 is 1.87 bits per heavy atom. The Balaban J connectivity index is 1.31. The quantitative estimate of drug-likeness (QED) is 0.551. The van der Waals surface area contributed by atoms with E-state index in [-0.39, 0.29) is 11.8 Å². The first-order valence-electron chi connectivity index (χ1n) is 10.8. The molecule has 3 aromatic rings. The third-order valence-electron chi connectivity index (χ3n) is 5.59. The molecule has 2 amide bonds. The second-order valence-electron chi connectivity index (χ2n) is 7.73. The van der Waals surface area contributed by atoms with Gasteiger partial charge in [-0.25, -0.2) is 4.98 Å². The monoisotopic (exact) mass is 408 g/mol. The van der Waals surface area contributed by atoms with Gasteiger partial charge in [0.05, 0.1) is 17.3 Å². The van der Waals surface area contributed by atoms with E-state index >= 15 is 0 Å². The van der Waals surface area contributed by atoms with Gasteiger partial charge in [-0.1, -0.05) is 18.6 Å². The number of imidazole rings is 1. The molecule has 0 saturated carbocycles. The van der Waals surface area contributed by atoms with E-state index in [4.69, 9.17) is 9.40 Å². The Labute approximate surface area is 176 Å². The zero-order valence-electron chi connectivity index (χ0n) is 17.2. The number of aryl methyl sites for hydroxylation is 1. The van der Waals surface area contributed by atoms with Gasteiger partial charge in [0.25, 0.3) is 5.91 Å². The molecule has 7 nitrogen and oxygen atoms in total. The van der Waals surface area contributed by atoms with E-state index < -0.39 is 0 Å². The molecule has 0 spiro atoms. The average molecular weight is 409 g/mol.